The maximum absolute atomic E-state index is 11.6. The van der Waals surface area contributed by atoms with E-state index in [1.54, 1.807) is 36.0 Å². The Balaban J connectivity index is 2.43. The van der Waals surface area contributed by atoms with Crippen LogP contribution in [0, 0.1) is 0 Å². The largest absolute Gasteiger partial charge is 0.325 e. The summed E-state index contributed by atoms with van der Waals surface area (Å²) in [5.74, 6) is 0.480. The van der Waals surface area contributed by atoms with Crippen LogP contribution < -0.4 is 5.32 Å². The van der Waals surface area contributed by atoms with Gasteiger partial charge in [0.25, 0.3) is 0 Å². The second-order valence-corrected chi connectivity index (χ2v) is 6.69. The van der Waals surface area contributed by atoms with Crippen molar-refractivity contribution in [3.63, 3.8) is 0 Å². The van der Waals surface area contributed by atoms with E-state index < -0.39 is 0 Å². The summed E-state index contributed by atoms with van der Waals surface area (Å²) in [5, 5.41) is 3.49. The van der Waals surface area contributed by atoms with Crippen molar-refractivity contribution in [1.82, 2.24) is 0 Å². The number of anilines is 1. The van der Waals surface area contributed by atoms with Crippen molar-refractivity contribution in [3.05, 3.63) is 29.3 Å². The highest BCUT2D eigenvalue weighted by atomic mass is 35.5. The molecule has 0 saturated heterocycles. The zero-order chi connectivity index (χ0) is 12.2. The van der Waals surface area contributed by atoms with Crippen molar-refractivity contribution in [2.75, 3.05) is 11.1 Å². The summed E-state index contributed by atoms with van der Waals surface area (Å²) < 4.78 is 0.108. The Labute approximate surface area is 106 Å². The quantitative estimate of drug-likeness (QED) is 0.892. The summed E-state index contributed by atoms with van der Waals surface area (Å²) in [6.45, 7) is 6.27. The number of nitrogens with one attached hydrogen (secondary N) is 1. The van der Waals surface area contributed by atoms with Gasteiger partial charge in [0.15, 0.2) is 0 Å². The van der Waals surface area contributed by atoms with Crippen molar-refractivity contribution in [2.45, 2.75) is 25.5 Å². The maximum Gasteiger partial charge on any atom is 0.234 e. The number of carbonyl (C=O) groups excluding carboxylic acids is 1. The van der Waals surface area contributed by atoms with Gasteiger partial charge in [0, 0.05) is 15.5 Å². The molecule has 1 aromatic carbocycles. The molecule has 0 fully saturated rings. The molecule has 16 heavy (non-hydrogen) atoms. The van der Waals surface area contributed by atoms with Gasteiger partial charge in [-0.15, -0.1) is 11.8 Å². The molecule has 0 bridgehead atoms. The Morgan fingerprint density at radius 1 is 1.31 bits per heavy atom. The third kappa shape index (κ3) is 5.42. The predicted molar refractivity (Wildman–Crippen MR) is 72.3 cm³/mol. The van der Waals surface area contributed by atoms with Crippen LogP contribution in [0.25, 0.3) is 0 Å². The molecule has 0 spiro atoms. The minimum Gasteiger partial charge on any atom is -0.325 e. The van der Waals surface area contributed by atoms with Crippen LogP contribution in [0.15, 0.2) is 24.3 Å². The molecule has 1 amide bonds. The van der Waals surface area contributed by atoms with Crippen molar-refractivity contribution < 1.29 is 4.79 Å². The van der Waals surface area contributed by atoms with E-state index in [9.17, 15) is 4.79 Å². The minimum atomic E-state index is 0.0160. The van der Waals surface area contributed by atoms with E-state index in [2.05, 4.69) is 26.1 Å². The number of hydrogen-bond donors (Lipinski definition) is 1. The molecule has 0 aromatic heterocycles. The van der Waals surface area contributed by atoms with Gasteiger partial charge in [-0.3, -0.25) is 4.79 Å². The predicted octanol–water partition coefficient (Wildman–Crippen LogP) is 3.81. The number of thioether (sulfide) groups is 1. The lowest BCUT2D eigenvalue weighted by Gasteiger charge is -2.16. The standard InChI is InChI=1S/C12H16ClNOS/c1-12(2,3)16-8-11(15)14-10-6-4-9(13)5-7-10/h4-7H,8H2,1-3H3,(H,14,15). The number of benzene rings is 1. The second kappa shape index (κ2) is 5.60. The van der Waals surface area contributed by atoms with E-state index in [0.717, 1.165) is 5.69 Å². The molecule has 88 valence electrons. The van der Waals surface area contributed by atoms with Gasteiger partial charge in [-0.2, -0.15) is 0 Å². The number of hydrogen-bond acceptors (Lipinski definition) is 2. The molecule has 0 saturated carbocycles. The van der Waals surface area contributed by atoms with Crippen molar-refractivity contribution in [3.8, 4) is 0 Å². The minimum absolute atomic E-state index is 0.0160. The molecule has 4 heteroatoms. The monoisotopic (exact) mass is 257 g/mol. The topological polar surface area (TPSA) is 29.1 Å². The third-order valence-electron chi connectivity index (χ3n) is 1.76. The molecule has 0 unspecified atom stereocenters. The average Bonchev–Trinajstić information content (AvgIpc) is 2.18. The Kier molecular flexibility index (Phi) is 4.69. The lowest BCUT2D eigenvalue weighted by Crippen LogP contribution is -2.18. The fourth-order valence-electron chi connectivity index (χ4n) is 1.01. The van der Waals surface area contributed by atoms with Crippen LogP contribution in [0.1, 0.15) is 20.8 Å². The first-order chi connectivity index (χ1) is 7.37. The average molecular weight is 258 g/mol. The van der Waals surface area contributed by atoms with Gasteiger partial charge in [-0.25, -0.2) is 0 Å². The van der Waals surface area contributed by atoms with Crippen LogP contribution >= 0.6 is 23.4 Å². The first-order valence-corrected chi connectivity index (χ1v) is 6.42. The number of rotatable bonds is 3. The molecule has 1 N–H and O–H groups in total. The highest BCUT2D eigenvalue weighted by molar-refractivity contribution is 8.01. The van der Waals surface area contributed by atoms with Gasteiger partial charge < -0.3 is 5.32 Å². The molecule has 2 nitrogen and oxygen atoms in total. The fraction of sp³-hybridized carbons (Fsp3) is 0.417. The third-order valence-corrected chi connectivity index (χ3v) is 3.29. The lowest BCUT2D eigenvalue weighted by molar-refractivity contribution is -0.113. The normalized spacial score (nSPS) is 11.2. The summed E-state index contributed by atoms with van der Waals surface area (Å²) in [4.78, 5) is 11.6. The smallest absolute Gasteiger partial charge is 0.234 e. The molecule has 0 radical (unpaired) electrons. The Morgan fingerprint density at radius 3 is 2.38 bits per heavy atom. The summed E-state index contributed by atoms with van der Waals surface area (Å²) in [7, 11) is 0. The summed E-state index contributed by atoms with van der Waals surface area (Å²) in [6.07, 6.45) is 0. The number of amides is 1. The van der Waals surface area contributed by atoms with E-state index in [0.29, 0.717) is 10.8 Å². The van der Waals surface area contributed by atoms with Crippen molar-refractivity contribution in [2.24, 2.45) is 0 Å². The number of halogens is 1. The van der Waals surface area contributed by atoms with Crippen LogP contribution in [0.2, 0.25) is 5.02 Å². The second-order valence-electron chi connectivity index (χ2n) is 4.46. The van der Waals surface area contributed by atoms with Crippen molar-refractivity contribution >= 4 is 35.0 Å². The van der Waals surface area contributed by atoms with Gasteiger partial charge in [-0.1, -0.05) is 32.4 Å². The molecule has 0 atom stereocenters. The number of carbonyl (C=O) groups is 1. The zero-order valence-electron chi connectivity index (χ0n) is 9.71. The van der Waals surface area contributed by atoms with Gasteiger partial charge in [0.1, 0.15) is 0 Å². The molecule has 0 aliphatic heterocycles. The Hall–Kier alpha value is -0.670. The van der Waals surface area contributed by atoms with E-state index in [1.165, 1.54) is 0 Å². The van der Waals surface area contributed by atoms with Crippen LogP contribution in [-0.2, 0) is 4.79 Å². The Bertz CT molecular complexity index is 356. The van der Waals surface area contributed by atoms with Gasteiger partial charge in [-0.05, 0) is 24.3 Å². The van der Waals surface area contributed by atoms with E-state index in [1.807, 2.05) is 0 Å². The molecule has 1 rings (SSSR count). The summed E-state index contributed by atoms with van der Waals surface area (Å²) in [6, 6.07) is 7.10. The van der Waals surface area contributed by atoms with Gasteiger partial charge in [0.2, 0.25) is 5.91 Å². The molecule has 1 aromatic rings. The summed E-state index contributed by atoms with van der Waals surface area (Å²) >= 11 is 7.38. The van der Waals surface area contributed by atoms with Crippen LogP contribution in [0.4, 0.5) is 5.69 Å². The zero-order valence-corrected chi connectivity index (χ0v) is 11.3. The summed E-state index contributed by atoms with van der Waals surface area (Å²) in [5.41, 5.74) is 0.781. The van der Waals surface area contributed by atoms with E-state index in [4.69, 9.17) is 11.6 Å². The SMILES string of the molecule is CC(C)(C)SCC(=O)Nc1ccc(Cl)cc1. The van der Waals surface area contributed by atoms with Crippen molar-refractivity contribution in [1.29, 1.82) is 0 Å². The molecule has 0 heterocycles. The lowest BCUT2D eigenvalue weighted by atomic mass is 10.3. The molecular formula is C12H16ClNOS. The highest BCUT2D eigenvalue weighted by Gasteiger charge is 2.13. The first-order valence-electron chi connectivity index (χ1n) is 5.06. The van der Waals surface area contributed by atoms with Crippen LogP contribution in [0.5, 0.6) is 0 Å². The van der Waals surface area contributed by atoms with E-state index in [-0.39, 0.29) is 10.7 Å². The van der Waals surface area contributed by atoms with E-state index >= 15 is 0 Å². The molecular weight excluding hydrogens is 242 g/mol. The van der Waals surface area contributed by atoms with Gasteiger partial charge in [0.05, 0.1) is 5.75 Å². The molecule has 0 aliphatic carbocycles. The fourth-order valence-corrected chi connectivity index (χ4v) is 1.77. The maximum atomic E-state index is 11.6. The van der Waals surface area contributed by atoms with Crippen LogP contribution in [0.3, 0.4) is 0 Å². The first kappa shape index (κ1) is 13.4. The Morgan fingerprint density at radius 2 is 1.88 bits per heavy atom. The van der Waals surface area contributed by atoms with Crippen LogP contribution in [-0.4, -0.2) is 16.4 Å². The highest BCUT2D eigenvalue weighted by Crippen LogP contribution is 2.23. The van der Waals surface area contributed by atoms with Gasteiger partial charge >= 0.3 is 0 Å². The molecule has 0 aliphatic rings.